The van der Waals surface area contributed by atoms with Crippen molar-refractivity contribution >= 4 is 23.5 Å². The van der Waals surface area contributed by atoms with Crippen molar-refractivity contribution in [2.75, 3.05) is 11.9 Å². The molecular formula is C15H20N2O5. The quantitative estimate of drug-likeness (QED) is 0.703. The van der Waals surface area contributed by atoms with Gasteiger partial charge in [0.05, 0.1) is 0 Å². The Morgan fingerprint density at radius 3 is 2.50 bits per heavy atom. The highest BCUT2D eigenvalue weighted by Gasteiger charge is 2.23. The minimum Gasteiger partial charge on any atom is -0.484 e. The highest BCUT2D eigenvalue weighted by molar-refractivity contribution is 5.89. The van der Waals surface area contributed by atoms with Gasteiger partial charge in [-0.3, -0.25) is 9.59 Å². The van der Waals surface area contributed by atoms with Gasteiger partial charge in [-0.05, 0) is 18.1 Å². The summed E-state index contributed by atoms with van der Waals surface area (Å²) in [7, 11) is 0. The summed E-state index contributed by atoms with van der Waals surface area (Å²) in [6.45, 7) is 4.49. The van der Waals surface area contributed by atoms with Gasteiger partial charge in [0, 0.05) is 18.7 Å². The Bertz CT molecular complexity index is 557. The first kappa shape index (κ1) is 17.5. The molecule has 22 heavy (non-hydrogen) atoms. The molecule has 0 saturated carbocycles. The van der Waals surface area contributed by atoms with E-state index in [-0.39, 0.29) is 18.4 Å². The molecular weight excluding hydrogens is 288 g/mol. The monoisotopic (exact) mass is 308 g/mol. The molecule has 0 radical (unpaired) electrons. The van der Waals surface area contributed by atoms with Crippen LogP contribution in [0, 0.1) is 5.92 Å². The van der Waals surface area contributed by atoms with Gasteiger partial charge >= 0.3 is 5.97 Å². The standard InChI is InChI=1S/C15H20N2O5/c1-9(2)14(15(20)21)17-13(19)8-22-12-6-4-5-11(7-12)16-10(3)18/h4-7,9,14H,8H2,1-3H3,(H,16,18)(H,17,19)(H,20,21). The van der Waals surface area contributed by atoms with Crippen LogP contribution >= 0.6 is 0 Å². The zero-order valence-electron chi connectivity index (χ0n) is 12.8. The Labute approximate surface area is 128 Å². The molecule has 0 saturated heterocycles. The van der Waals surface area contributed by atoms with Crippen LogP contribution in [-0.2, 0) is 14.4 Å². The summed E-state index contributed by atoms with van der Waals surface area (Å²) >= 11 is 0. The summed E-state index contributed by atoms with van der Waals surface area (Å²) in [5.74, 6) is -1.65. The molecule has 7 nitrogen and oxygen atoms in total. The van der Waals surface area contributed by atoms with E-state index in [2.05, 4.69) is 10.6 Å². The molecule has 2 amide bonds. The number of ether oxygens (including phenoxy) is 1. The molecule has 120 valence electrons. The largest absolute Gasteiger partial charge is 0.484 e. The van der Waals surface area contributed by atoms with Gasteiger partial charge in [-0.15, -0.1) is 0 Å². The number of carboxylic acids is 1. The molecule has 0 aliphatic carbocycles. The average Bonchev–Trinajstić information content (AvgIpc) is 2.41. The molecule has 0 aromatic heterocycles. The van der Waals surface area contributed by atoms with E-state index in [1.165, 1.54) is 6.92 Å². The number of amides is 2. The topological polar surface area (TPSA) is 105 Å². The summed E-state index contributed by atoms with van der Waals surface area (Å²) in [4.78, 5) is 33.7. The highest BCUT2D eigenvalue weighted by Crippen LogP contribution is 2.17. The van der Waals surface area contributed by atoms with Gasteiger partial charge in [-0.1, -0.05) is 19.9 Å². The Morgan fingerprint density at radius 2 is 1.95 bits per heavy atom. The van der Waals surface area contributed by atoms with Crippen LogP contribution in [0.2, 0.25) is 0 Å². The number of nitrogens with one attached hydrogen (secondary N) is 2. The molecule has 7 heteroatoms. The third kappa shape index (κ3) is 5.82. The maximum atomic E-state index is 11.7. The van der Waals surface area contributed by atoms with Gasteiger partial charge in [0.1, 0.15) is 11.8 Å². The van der Waals surface area contributed by atoms with Crippen LogP contribution in [-0.4, -0.2) is 35.5 Å². The molecule has 1 atom stereocenters. The van der Waals surface area contributed by atoms with Crippen molar-refractivity contribution < 1.29 is 24.2 Å². The molecule has 1 unspecified atom stereocenters. The molecule has 1 rings (SSSR count). The molecule has 0 aliphatic heterocycles. The lowest BCUT2D eigenvalue weighted by molar-refractivity contribution is -0.143. The number of benzene rings is 1. The summed E-state index contributed by atoms with van der Waals surface area (Å²) in [6, 6.07) is 5.61. The predicted molar refractivity (Wildman–Crippen MR) is 80.6 cm³/mol. The number of carboxylic acid groups (broad SMARTS) is 1. The lowest BCUT2D eigenvalue weighted by Gasteiger charge is -2.18. The molecule has 0 spiro atoms. The summed E-state index contributed by atoms with van der Waals surface area (Å²) < 4.78 is 5.29. The van der Waals surface area contributed by atoms with Crippen molar-refractivity contribution in [1.29, 1.82) is 0 Å². The molecule has 1 aromatic carbocycles. The molecule has 1 aromatic rings. The predicted octanol–water partition coefficient (Wildman–Crippen LogP) is 1.25. The molecule has 0 bridgehead atoms. The normalized spacial score (nSPS) is 11.6. The number of aliphatic carboxylic acids is 1. The van der Waals surface area contributed by atoms with Gasteiger partial charge in [-0.25, -0.2) is 4.79 Å². The second kappa shape index (κ2) is 8.02. The van der Waals surface area contributed by atoms with E-state index in [9.17, 15) is 14.4 Å². The van der Waals surface area contributed by atoms with Crippen LogP contribution < -0.4 is 15.4 Å². The zero-order chi connectivity index (χ0) is 16.7. The number of hydrogen-bond donors (Lipinski definition) is 3. The second-order valence-corrected chi connectivity index (χ2v) is 5.13. The summed E-state index contributed by atoms with van der Waals surface area (Å²) in [5, 5.41) is 14.0. The number of carbonyl (C=O) groups excluding carboxylic acids is 2. The third-order valence-corrected chi connectivity index (χ3v) is 2.77. The van der Waals surface area contributed by atoms with Gasteiger partial charge in [0.2, 0.25) is 5.91 Å². The van der Waals surface area contributed by atoms with Crippen LogP contribution in [0.5, 0.6) is 5.75 Å². The molecule has 3 N–H and O–H groups in total. The Morgan fingerprint density at radius 1 is 1.27 bits per heavy atom. The first-order valence-electron chi connectivity index (χ1n) is 6.82. The Kier molecular flexibility index (Phi) is 6.37. The van der Waals surface area contributed by atoms with Gasteiger partial charge in [0.15, 0.2) is 6.61 Å². The van der Waals surface area contributed by atoms with E-state index in [1.807, 2.05) is 0 Å². The van der Waals surface area contributed by atoms with Crippen LogP contribution in [0.1, 0.15) is 20.8 Å². The molecule has 0 aliphatic rings. The Balaban J connectivity index is 2.57. The summed E-state index contributed by atoms with van der Waals surface area (Å²) in [5.41, 5.74) is 0.552. The fourth-order valence-electron chi connectivity index (χ4n) is 1.74. The van der Waals surface area contributed by atoms with Crippen LogP contribution in [0.15, 0.2) is 24.3 Å². The second-order valence-electron chi connectivity index (χ2n) is 5.13. The van der Waals surface area contributed by atoms with E-state index in [0.717, 1.165) is 0 Å². The van der Waals surface area contributed by atoms with Crippen molar-refractivity contribution in [1.82, 2.24) is 5.32 Å². The maximum Gasteiger partial charge on any atom is 0.326 e. The van der Waals surface area contributed by atoms with Crippen LogP contribution in [0.4, 0.5) is 5.69 Å². The van der Waals surface area contributed by atoms with Gasteiger partial charge in [-0.2, -0.15) is 0 Å². The van der Waals surface area contributed by atoms with E-state index >= 15 is 0 Å². The van der Waals surface area contributed by atoms with Crippen LogP contribution in [0.25, 0.3) is 0 Å². The highest BCUT2D eigenvalue weighted by atomic mass is 16.5. The lowest BCUT2D eigenvalue weighted by Crippen LogP contribution is -2.46. The average molecular weight is 308 g/mol. The van der Waals surface area contributed by atoms with Crippen molar-refractivity contribution in [3.8, 4) is 5.75 Å². The third-order valence-electron chi connectivity index (χ3n) is 2.77. The molecule has 0 fully saturated rings. The van der Waals surface area contributed by atoms with Gasteiger partial charge in [0.25, 0.3) is 5.91 Å². The minimum absolute atomic E-state index is 0.212. The zero-order valence-corrected chi connectivity index (χ0v) is 12.8. The lowest BCUT2D eigenvalue weighted by atomic mass is 10.1. The number of hydrogen-bond acceptors (Lipinski definition) is 4. The van der Waals surface area contributed by atoms with Gasteiger partial charge < -0.3 is 20.5 Å². The van der Waals surface area contributed by atoms with E-state index in [4.69, 9.17) is 9.84 Å². The van der Waals surface area contributed by atoms with Crippen molar-refractivity contribution in [3.63, 3.8) is 0 Å². The van der Waals surface area contributed by atoms with Crippen molar-refractivity contribution in [2.45, 2.75) is 26.8 Å². The number of rotatable bonds is 7. The van der Waals surface area contributed by atoms with Crippen molar-refractivity contribution in [2.24, 2.45) is 5.92 Å². The summed E-state index contributed by atoms with van der Waals surface area (Å²) in [6.07, 6.45) is 0. The first-order chi connectivity index (χ1) is 10.3. The first-order valence-corrected chi connectivity index (χ1v) is 6.82. The molecule has 0 heterocycles. The van der Waals surface area contributed by atoms with E-state index in [0.29, 0.717) is 11.4 Å². The smallest absolute Gasteiger partial charge is 0.326 e. The number of anilines is 1. The van der Waals surface area contributed by atoms with Crippen LogP contribution in [0.3, 0.4) is 0 Å². The van der Waals surface area contributed by atoms with E-state index in [1.54, 1.807) is 38.1 Å². The Hall–Kier alpha value is -2.57. The fraction of sp³-hybridized carbons (Fsp3) is 0.400. The minimum atomic E-state index is -1.09. The van der Waals surface area contributed by atoms with E-state index < -0.39 is 17.9 Å². The SMILES string of the molecule is CC(=O)Nc1cccc(OCC(=O)NC(C(=O)O)C(C)C)c1. The fourth-order valence-corrected chi connectivity index (χ4v) is 1.74. The van der Waals surface area contributed by atoms with Crippen molar-refractivity contribution in [3.05, 3.63) is 24.3 Å². The maximum absolute atomic E-state index is 11.7. The number of carbonyl (C=O) groups is 3.